The number of nitrogen functional groups attached to an aromatic ring is 1. The molecule has 0 aliphatic heterocycles. The summed E-state index contributed by atoms with van der Waals surface area (Å²) in [7, 11) is 1.77. The molecule has 5 nitrogen and oxygen atoms in total. The van der Waals surface area contributed by atoms with Crippen LogP contribution in [0.15, 0.2) is 0 Å². The summed E-state index contributed by atoms with van der Waals surface area (Å²) >= 11 is 1.83. The summed E-state index contributed by atoms with van der Waals surface area (Å²) in [5.41, 5.74) is 7.80. The van der Waals surface area contributed by atoms with E-state index in [1.807, 2.05) is 18.7 Å². The van der Waals surface area contributed by atoms with Crippen LogP contribution in [0.3, 0.4) is 0 Å². The Morgan fingerprint density at radius 3 is 2.89 bits per heavy atom. The van der Waals surface area contributed by atoms with Gasteiger partial charge in [-0.25, -0.2) is 0 Å². The number of carbonyl (C=O) groups excluding carboxylic acids is 1. The van der Waals surface area contributed by atoms with Crippen molar-refractivity contribution in [2.24, 2.45) is 7.05 Å². The first-order valence-electron chi connectivity index (χ1n) is 6.73. The molecule has 19 heavy (non-hydrogen) atoms. The number of nitrogens with one attached hydrogen (secondary N) is 1. The third kappa shape index (κ3) is 2.73. The second-order valence-corrected chi connectivity index (χ2v) is 6.05. The maximum absolute atomic E-state index is 12.4. The van der Waals surface area contributed by atoms with Gasteiger partial charge < -0.3 is 11.1 Å². The smallest absolute Gasteiger partial charge is 0.271 e. The molecule has 1 aliphatic carbocycles. The molecule has 2 rings (SSSR count). The molecule has 1 aliphatic rings. The van der Waals surface area contributed by atoms with Gasteiger partial charge in [-0.1, -0.05) is 13.3 Å². The number of carbonyl (C=O) groups is 1. The van der Waals surface area contributed by atoms with E-state index in [9.17, 15) is 4.79 Å². The van der Waals surface area contributed by atoms with E-state index in [1.54, 1.807) is 11.7 Å². The quantitative estimate of drug-likeness (QED) is 0.879. The molecule has 1 amide bonds. The van der Waals surface area contributed by atoms with Crippen molar-refractivity contribution in [2.45, 2.75) is 43.9 Å². The molecule has 6 heteroatoms. The lowest BCUT2D eigenvalue weighted by atomic mass is 10.2. The predicted molar refractivity (Wildman–Crippen MR) is 79.4 cm³/mol. The van der Waals surface area contributed by atoms with E-state index >= 15 is 0 Å². The Balaban J connectivity index is 2.14. The first-order valence-corrected chi connectivity index (χ1v) is 8.02. The fourth-order valence-corrected chi connectivity index (χ4v) is 3.67. The van der Waals surface area contributed by atoms with E-state index in [-0.39, 0.29) is 11.9 Å². The molecule has 0 radical (unpaired) electrons. The third-order valence-electron chi connectivity index (χ3n) is 3.78. The second kappa shape index (κ2) is 5.86. The van der Waals surface area contributed by atoms with Crippen LogP contribution >= 0.6 is 11.8 Å². The summed E-state index contributed by atoms with van der Waals surface area (Å²) in [5, 5.41) is 7.92. The summed E-state index contributed by atoms with van der Waals surface area (Å²) in [6.45, 7) is 1.99. The van der Waals surface area contributed by atoms with Crippen molar-refractivity contribution in [3.05, 3.63) is 11.4 Å². The van der Waals surface area contributed by atoms with Crippen molar-refractivity contribution in [1.82, 2.24) is 15.1 Å². The Morgan fingerprint density at radius 1 is 1.58 bits per heavy atom. The van der Waals surface area contributed by atoms with Crippen LogP contribution in [0, 0.1) is 0 Å². The van der Waals surface area contributed by atoms with Crippen LogP contribution < -0.4 is 11.1 Å². The van der Waals surface area contributed by atoms with E-state index in [0.29, 0.717) is 16.6 Å². The molecule has 1 heterocycles. The van der Waals surface area contributed by atoms with Gasteiger partial charge in [0.1, 0.15) is 5.69 Å². The standard InChI is InChI=1S/C13H22N4OS/c1-4-8-11(14)12(17(2)16-8)13(18)15-9-6-5-7-10(9)19-3/h9-10H,4-7,14H2,1-3H3,(H,15,18). The van der Waals surface area contributed by atoms with Crippen molar-refractivity contribution in [3.8, 4) is 0 Å². The molecule has 1 aromatic rings. The van der Waals surface area contributed by atoms with E-state index in [2.05, 4.69) is 16.7 Å². The van der Waals surface area contributed by atoms with Crippen molar-refractivity contribution in [1.29, 1.82) is 0 Å². The lowest BCUT2D eigenvalue weighted by Crippen LogP contribution is -2.39. The number of rotatable bonds is 4. The summed E-state index contributed by atoms with van der Waals surface area (Å²) < 4.78 is 1.59. The Hall–Kier alpha value is -1.17. The Kier molecular flexibility index (Phi) is 4.39. The molecule has 2 atom stereocenters. The average Bonchev–Trinajstić information content (AvgIpc) is 2.93. The van der Waals surface area contributed by atoms with E-state index in [1.165, 1.54) is 12.8 Å². The zero-order chi connectivity index (χ0) is 14.0. The lowest BCUT2D eigenvalue weighted by molar-refractivity contribution is 0.0930. The molecule has 3 N–H and O–H groups in total. The number of aryl methyl sites for hydroxylation is 2. The van der Waals surface area contributed by atoms with E-state index in [0.717, 1.165) is 18.5 Å². The molecule has 0 aromatic carbocycles. The van der Waals surface area contributed by atoms with Crippen LogP contribution in [0.4, 0.5) is 5.69 Å². The molecule has 106 valence electrons. The van der Waals surface area contributed by atoms with Gasteiger partial charge in [-0.2, -0.15) is 16.9 Å². The Bertz CT molecular complexity index is 471. The number of hydrogen-bond donors (Lipinski definition) is 2. The summed E-state index contributed by atoms with van der Waals surface area (Å²) in [6, 6.07) is 0.252. The summed E-state index contributed by atoms with van der Waals surface area (Å²) in [4.78, 5) is 12.4. The number of hydrogen-bond acceptors (Lipinski definition) is 4. The van der Waals surface area contributed by atoms with Gasteiger partial charge in [0.2, 0.25) is 0 Å². The number of anilines is 1. The number of nitrogens with two attached hydrogens (primary N) is 1. The van der Waals surface area contributed by atoms with Crippen molar-refractivity contribution in [2.75, 3.05) is 12.0 Å². The molecule has 1 aromatic heterocycles. The normalized spacial score (nSPS) is 22.7. The molecule has 2 unspecified atom stereocenters. The monoisotopic (exact) mass is 282 g/mol. The van der Waals surface area contributed by atoms with E-state index in [4.69, 9.17) is 5.73 Å². The van der Waals surface area contributed by atoms with Gasteiger partial charge >= 0.3 is 0 Å². The van der Waals surface area contributed by atoms with Gasteiger partial charge in [-0.15, -0.1) is 0 Å². The van der Waals surface area contributed by atoms with Crippen LogP contribution in [0.2, 0.25) is 0 Å². The topological polar surface area (TPSA) is 72.9 Å². The largest absolute Gasteiger partial charge is 0.395 e. The van der Waals surface area contributed by atoms with Gasteiger partial charge in [0.05, 0.1) is 11.4 Å². The highest BCUT2D eigenvalue weighted by Gasteiger charge is 2.29. The third-order valence-corrected chi connectivity index (χ3v) is 4.95. The zero-order valence-electron chi connectivity index (χ0n) is 11.8. The van der Waals surface area contributed by atoms with Gasteiger partial charge in [-0.05, 0) is 25.5 Å². The van der Waals surface area contributed by atoms with Crippen molar-refractivity contribution in [3.63, 3.8) is 0 Å². The van der Waals surface area contributed by atoms with Gasteiger partial charge in [0, 0.05) is 18.3 Å². The molecule has 0 bridgehead atoms. The molecular formula is C13H22N4OS. The Morgan fingerprint density at radius 2 is 2.32 bits per heavy atom. The maximum atomic E-state index is 12.4. The van der Waals surface area contributed by atoms with Crippen LogP contribution in [0.5, 0.6) is 0 Å². The SMILES string of the molecule is CCc1nn(C)c(C(=O)NC2CCCC2SC)c1N. The maximum Gasteiger partial charge on any atom is 0.271 e. The molecule has 1 saturated carbocycles. The van der Waals surface area contributed by atoms with Crippen LogP contribution in [0.1, 0.15) is 42.4 Å². The highest BCUT2D eigenvalue weighted by molar-refractivity contribution is 7.99. The molecule has 0 saturated heterocycles. The highest BCUT2D eigenvalue weighted by atomic mass is 32.2. The zero-order valence-corrected chi connectivity index (χ0v) is 12.6. The first-order chi connectivity index (χ1) is 9.08. The number of aromatic nitrogens is 2. The minimum absolute atomic E-state index is 0.0989. The minimum atomic E-state index is -0.0989. The van der Waals surface area contributed by atoms with Gasteiger partial charge in [0.25, 0.3) is 5.91 Å². The van der Waals surface area contributed by atoms with Crippen molar-refractivity contribution >= 4 is 23.4 Å². The number of nitrogens with zero attached hydrogens (tertiary/aromatic N) is 2. The van der Waals surface area contributed by atoms with Crippen LogP contribution in [-0.4, -0.2) is 33.2 Å². The average molecular weight is 282 g/mol. The number of thioether (sulfide) groups is 1. The number of amides is 1. The molecular weight excluding hydrogens is 260 g/mol. The van der Waals surface area contributed by atoms with E-state index < -0.39 is 0 Å². The first kappa shape index (κ1) is 14.2. The second-order valence-electron chi connectivity index (χ2n) is 4.97. The van der Waals surface area contributed by atoms with Crippen LogP contribution in [0.25, 0.3) is 0 Å². The summed E-state index contributed by atoms with van der Waals surface area (Å²) in [5.74, 6) is -0.0989. The van der Waals surface area contributed by atoms with Crippen molar-refractivity contribution < 1.29 is 4.79 Å². The summed E-state index contributed by atoms with van der Waals surface area (Å²) in [6.07, 6.45) is 6.24. The van der Waals surface area contributed by atoms with Gasteiger partial charge in [-0.3, -0.25) is 9.48 Å². The predicted octanol–water partition coefficient (Wildman–Crippen LogP) is 1.58. The fraction of sp³-hybridized carbons (Fsp3) is 0.692. The molecule has 1 fully saturated rings. The Labute approximate surface area is 118 Å². The minimum Gasteiger partial charge on any atom is -0.395 e. The van der Waals surface area contributed by atoms with Crippen LogP contribution in [-0.2, 0) is 13.5 Å². The lowest BCUT2D eigenvalue weighted by Gasteiger charge is -2.19. The fourth-order valence-electron chi connectivity index (χ4n) is 2.74. The molecule has 0 spiro atoms. The van der Waals surface area contributed by atoms with Gasteiger partial charge in [0.15, 0.2) is 0 Å². The highest BCUT2D eigenvalue weighted by Crippen LogP contribution is 2.29.